The van der Waals surface area contributed by atoms with E-state index in [9.17, 15) is 4.79 Å². The first kappa shape index (κ1) is 14.2. The molecule has 3 N–H and O–H groups in total. The molecule has 1 unspecified atom stereocenters. The van der Waals surface area contributed by atoms with Gasteiger partial charge in [0.15, 0.2) is 0 Å². The molecule has 2 rings (SSSR count). The second kappa shape index (κ2) is 5.43. The Morgan fingerprint density at radius 3 is 2.95 bits per heavy atom. The standard InChI is InChI=1S/C14H19NO3S/c1-14(2,12(15)13(16)17)19-8-9-7-18-11-6-4-3-5-10(9)11/h3-6,9,12H,7-8,15H2,1-2H3,(H,16,17)/t9?,12-/m1/s1. The third-order valence-electron chi connectivity index (χ3n) is 3.47. The normalized spacial score (nSPS) is 19.6. The first-order valence-electron chi connectivity index (χ1n) is 6.26. The van der Waals surface area contributed by atoms with Crippen LogP contribution in [0.5, 0.6) is 5.75 Å². The predicted molar refractivity (Wildman–Crippen MR) is 76.8 cm³/mol. The van der Waals surface area contributed by atoms with Crippen molar-refractivity contribution in [3.8, 4) is 5.75 Å². The number of ether oxygens (including phenoxy) is 1. The lowest BCUT2D eigenvalue weighted by atomic mass is 10.0. The molecular formula is C14H19NO3S. The van der Waals surface area contributed by atoms with E-state index >= 15 is 0 Å². The molecule has 0 aromatic heterocycles. The van der Waals surface area contributed by atoms with Gasteiger partial charge in [0.05, 0.1) is 6.61 Å². The summed E-state index contributed by atoms with van der Waals surface area (Å²) in [6, 6.07) is 7.12. The van der Waals surface area contributed by atoms with E-state index in [1.807, 2.05) is 32.0 Å². The summed E-state index contributed by atoms with van der Waals surface area (Å²) < 4.78 is 5.13. The Morgan fingerprint density at radius 2 is 2.26 bits per heavy atom. The van der Waals surface area contributed by atoms with Gasteiger partial charge >= 0.3 is 5.97 Å². The van der Waals surface area contributed by atoms with Crippen LogP contribution < -0.4 is 10.5 Å². The highest BCUT2D eigenvalue weighted by Crippen LogP contribution is 2.38. The molecule has 1 aliphatic rings. The molecule has 2 atom stereocenters. The summed E-state index contributed by atoms with van der Waals surface area (Å²) in [5.41, 5.74) is 6.93. The molecule has 104 valence electrons. The SMILES string of the molecule is CC(C)(SCC1COc2ccccc21)[C@H](N)C(=O)O. The van der Waals surface area contributed by atoms with Crippen LogP contribution >= 0.6 is 11.8 Å². The third-order valence-corrected chi connectivity index (χ3v) is 5.04. The smallest absolute Gasteiger partial charge is 0.321 e. The highest BCUT2D eigenvalue weighted by Gasteiger charge is 2.34. The van der Waals surface area contributed by atoms with Gasteiger partial charge in [-0.3, -0.25) is 4.79 Å². The molecule has 0 aliphatic carbocycles. The average Bonchev–Trinajstić information content (AvgIpc) is 2.78. The van der Waals surface area contributed by atoms with Crippen LogP contribution in [0.15, 0.2) is 24.3 Å². The molecule has 5 heteroatoms. The van der Waals surface area contributed by atoms with Crippen molar-refractivity contribution >= 4 is 17.7 Å². The molecule has 0 fully saturated rings. The van der Waals surface area contributed by atoms with E-state index in [0.717, 1.165) is 11.5 Å². The maximum atomic E-state index is 11.0. The van der Waals surface area contributed by atoms with Gasteiger partial charge in [0.1, 0.15) is 11.8 Å². The van der Waals surface area contributed by atoms with Crippen molar-refractivity contribution in [1.29, 1.82) is 0 Å². The lowest BCUT2D eigenvalue weighted by molar-refractivity contribution is -0.139. The monoisotopic (exact) mass is 281 g/mol. The third kappa shape index (κ3) is 3.04. The van der Waals surface area contributed by atoms with Crippen LogP contribution in [-0.4, -0.2) is 34.2 Å². The second-order valence-electron chi connectivity index (χ2n) is 5.28. The molecule has 0 bridgehead atoms. The Labute approximate surface area is 117 Å². The Hall–Kier alpha value is -1.20. The van der Waals surface area contributed by atoms with Crippen LogP contribution in [0.2, 0.25) is 0 Å². The number of hydrogen-bond donors (Lipinski definition) is 2. The van der Waals surface area contributed by atoms with Crippen LogP contribution in [0, 0.1) is 0 Å². The number of thioether (sulfide) groups is 1. The van der Waals surface area contributed by atoms with Crippen molar-refractivity contribution in [3.05, 3.63) is 29.8 Å². The maximum Gasteiger partial charge on any atom is 0.321 e. The van der Waals surface area contributed by atoms with Crippen molar-refractivity contribution in [3.63, 3.8) is 0 Å². The largest absolute Gasteiger partial charge is 0.493 e. The summed E-state index contributed by atoms with van der Waals surface area (Å²) in [7, 11) is 0. The van der Waals surface area contributed by atoms with Gasteiger partial charge in [0.25, 0.3) is 0 Å². The summed E-state index contributed by atoms with van der Waals surface area (Å²) in [5, 5.41) is 9.00. The number of benzene rings is 1. The zero-order valence-corrected chi connectivity index (χ0v) is 11.9. The van der Waals surface area contributed by atoms with Gasteiger partial charge in [0.2, 0.25) is 0 Å². The van der Waals surface area contributed by atoms with Gasteiger partial charge in [-0.15, -0.1) is 0 Å². The summed E-state index contributed by atoms with van der Waals surface area (Å²) in [4.78, 5) is 11.0. The number of aliphatic carboxylic acids is 1. The maximum absolute atomic E-state index is 11.0. The number of carbonyl (C=O) groups is 1. The molecule has 1 heterocycles. The molecule has 1 aromatic rings. The fourth-order valence-electron chi connectivity index (χ4n) is 2.07. The molecule has 4 nitrogen and oxygen atoms in total. The van der Waals surface area contributed by atoms with Crippen LogP contribution in [0.1, 0.15) is 25.3 Å². The second-order valence-corrected chi connectivity index (χ2v) is 6.95. The highest BCUT2D eigenvalue weighted by molar-refractivity contribution is 8.00. The zero-order valence-electron chi connectivity index (χ0n) is 11.1. The average molecular weight is 281 g/mol. The Bertz CT molecular complexity index is 476. The number of carboxylic acid groups (broad SMARTS) is 1. The molecule has 0 saturated carbocycles. The van der Waals surface area contributed by atoms with Crippen molar-refractivity contribution in [2.75, 3.05) is 12.4 Å². The van der Waals surface area contributed by atoms with E-state index in [0.29, 0.717) is 12.5 Å². The van der Waals surface area contributed by atoms with Crippen LogP contribution in [0.3, 0.4) is 0 Å². The van der Waals surface area contributed by atoms with Gasteiger partial charge in [-0.25, -0.2) is 0 Å². The lowest BCUT2D eigenvalue weighted by Gasteiger charge is -2.29. The minimum absolute atomic E-state index is 0.307. The van der Waals surface area contributed by atoms with E-state index in [-0.39, 0.29) is 0 Å². The van der Waals surface area contributed by atoms with Crippen molar-refractivity contribution in [2.24, 2.45) is 5.73 Å². The molecule has 0 spiro atoms. The minimum Gasteiger partial charge on any atom is -0.493 e. The molecule has 19 heavy (non-hydrogen) atoms. The Kier molecular flexibility index (Phi) is 4.06. The number of fused-ring (bicyclic) bond motifs is 1. The fraction of sp³-hybridized carbons (Fsp3) is 0.500. The van der Waals surface area contributed by atoms with Crippen molar-refractivity contribution in [2.45, 2.75) is 30.6 Å². The van der Waals surface area contributed by atoms with E-state index in [1.54, 1.807) is 11.8 Å². The molecule has 1 aliphatic heterocycles. The molecule has 1 aromatic carbocycles. The summed E-state index contributed by atoms with van der Waals surface area (Å²) >= 11 is 1.59. The van der Waals surface area contributed by atoms with E-state index in [4.69, 9.17) is 15.6 Å². The number of nitrogens with two attached hydrogens (primary N) is 1. The first-order valence-corrected chi connectivity index (χ1v) is 7.24. The van der Waals surface area contributed by atoms with Gasteiger partial charge < -0.3 is 15.6 Å². The minimum atomic E-state index is -0.958. The number of rotatable bonds is 5. The fourth-order valence-corrected chi connectivity index (χ4v) is 3.26. The van der Waals surface area contributed by atoms with Crippen molar-refractivity contribution < 1.29 is 14.6 Å². The molecule has 0 radical (unpaired) electrons. The predicted octanol–water partition coefficient (Wildman–Crippen LogP) is 2.09. The Morgan fingerprint density at radius 1 is 1.58 bits per heavy atom. The zero-order chi connectivity index (χ0) is 14.0. The van der Waals surface area contributed by atoms with Crippen molar-refractivity contribution in [1.82, 2.24) is 0 Å². The topological polar surface area (TPSA) is 72.5 Å². The number of para-hydroxylation sites is 1. The molecule has 0 saturated heterocycles. The van der Waals surface area contributed by atoms with Crippen LogP contribution in [0.4, 0.5) is 0 Å². The Balaban J connectivity index is 1.99. The number of hydrogen-bond acceptors (Lipinski definition) is 4. The van der Waals surface area contributed by atoms with E-state index < -0.39 is 16.8 Å². The molecular weight excluding hydrogens is 262 g/mol. The van der Waals surface area contributed by atoms with Gasteiger partial charge in [-0.05, 0) is 19.9 Å². The lowest BCUT2D eigenvalue weighted by Crippen LogP contribution is -2.47. The molecule has 0 amide bonds. The first-order chi connectivity index (χ1) is 8.92. The summed E-state index contributed by atoms with van der Waals surface area (Å²) in [6.07, 6.45) is 0. The van der Waals surface area contributed by atoms with Gasteiger partial charge in [-0.1, -0.05) is 18.2 Å². The quantitative estimate of drug-likeness (QED) is 0.864. The number of carboxylic acids is 1. The van der Waals surface area contributed by atoms with Crippen LogP contribution in [-0.2, 0) is 4.79 Å². The van der Waals surface area contributed by atoms with E-state index in [1.165, 1.54) is 5.56 Å². The van der Waals surface area contributed by atoms with E-state index in [2.05, 4.69) is 6.07 Å². The summed E-state index contributed by atoms with van der Waals surface area (Å²) in [6.45, 7) is 4.40. The van der Waals surface area contributed by atoms with Gasteiger partial charge in [0, 0.05) is 22.0 Å². The summed E-state index contributed by atoms with van der Waals surface area (Å²) in [5.74, 6) is 1.10. The van der Waals surface area contributed by atoms with Gasteiger partial charge in [-0.2, -0.15) is 11.8 Å². The van der Waals surface area contributed by atoms with Crippen LogP contribution in [0.25, 0.3) is 0 Å². The highest BCUT2D eigenvalue weighted by atomic mass is 32.2.